The molecule has 0 aromatic heterocycles. The van der Waals surface area contributed by atoms with E-state index in [1.165, 1.54) is 166 Å². The maximum atomic E-state index is 7.96. The van der Waals surface area contributed by atoms with Crippen LogP contribution in [-0.2, 0) is 0 Å². The van der Waals surface area contributed by atoms with Crippen molar-refractivity contribution in [1.82, 2.24) is 0 Å². The number of unbranched alkanes of at least 4 members (excludes halogenated alkanes) is 18. The Morgan fingerprint density at radius 1 is 0.312 bits per heavy atom. The van der Waals surface area contributed by atoms with Crippen molar-refractivity contribution < 1.29 is 0 Å². The summed E-state index contributed by atoms with van der Waals surface area (Å²) in [4.78, 5) is 0. The van der Waals surface area contributed by atoms with Crippen LogP contribution in [0.5, 0.6) is 0 Å². The van der Waals surface area contributed by atoms with Crippen molar-refractivity contribution in [3.63, 3.8) is 0 Å². The molecule has 0 saturated carbocycles. The van der Waals surface area contributed by atoms with Crippen LogP contribution in [0.3, 0.4) is 0 Å². The van der Waals surface area contributed by atoms with E-state index in [0.717, 1.165) is 0 Å². The second kappa shape index (κ2) is 22.2. The van der Waals surface area contributed by atoms with Crippen LogP contribution in [0.2, 0.25) is 0 Å². The van der Waals surface area contributed by atoms with Gasteiger partial charge >= 0.3 is 211 Å². The molecule has 0 bridgehead atoms. The summed E-state index contributed by atoms with van der Waals surface area (Å²) in [6, 6.07) is 0. The van der Waals surface area contributed by atoms with Crippen molar-refractivity contribution in [2.24, 2.45) is 0 Å². The zero-order chi connectivity index (χ0) is 23.8. The fraction of sp³-hybridized carbons (Fsp3) is 1.00. The quantitative estimate of drug-likeness (QED) is 0.0834. The molecule has 32 heavy (non-hydrogen) atoms. The van der Waals surface area contributed by atoms with Gasteiger partial charge < -0.3 is 0 Å². The Hall–Kier alpha value is 0.720. The first-order valence-corrected chi connectivity index (χ1v) is 19.1. The van der Waals surface area contributed by atoms with E-state index < -0.39 is 5.96 Å². The van der Waals surface area contributed by atoms with Gasteiger partial charge in [-0.15, -0.1) is 0 Å². The first kappa shape index (κ1) is 32.7. The molecule has 0 nitrogen and oxygen atoms in total. The Morgan fingerprint density at radius 2 is 0.500 bits per heavy atom. The van der Waals surface area contributed by atoms with Gasteiger partial charge in [0.1, 0.15) is 0 Å². The van der Waals surface area contributed by atoms with Crippen LogP contribution in [0.25, 0.3) is 0 Å². The number of rotatable bonds is 26. The first-order chi connectivity index (χ1) is 15.5. The van der Waals surface area contributed by atoms with Crippen LogP contribution in [-0.4, -0.2) is 24.6 Å². The summed E-state index contributed by atoms with van der Waals surface area (Å²) >= 11 is 7.96. The molecule has 0 aromatic carbocycles. The second-order valence-electron chi connectivity index (χ2n) is 11.1. The predicted molar refractivity (Wildman–Crippen MR) is 157 cm³/mol. The van der Waals surface area contributed by atoms with Gasteiger partial charge in [-0.1, -0.05) is 0 Å². The molecule has 0 spiro atoms. The van der Waals surface area contributed by atoms with Crippen LogP contribution in [0.15, 0.2) is 0 Å². The van der Waals surface area contributed by atoms with Gasteiger partial charge in [0.05, 0.1) is 0 Å². The summed E-state index contributed by atoms with van der Waals surface area (Å²) < 4.78 is 0. The SMILES string of the molecule is CCCCCCCCCCP(Cl)(CCCCC)(CCCCC)CCCCCCCCCC. The minimum absolute atomic E-state index is 1.33. The molecule has 0 atom stereocenters. The van der Waals surface area contributed by atoms with E-state index in [1.54, 1.807) is 0 Å². The molecule has 196 valence electrons. The maximum absolute atomic E-state index is 7.96. The van der Waals surface area contributed by atoms with Gasteiger partial charge in [0.25, 0.3) is 0 Å². The normalized spacial score (nSPS) is 13.3. The number of halogens is 1. The fourth-order valence-electron chi connectivity index (χ4n) is 5.47. The monoisotopic (exact) mass is 490 g/mol. The van der Waals surface area contributed by atoms with E-state index in [1.807, 2.05) is 0 Å². The molecule has 0 aromatic rings. The average molecular weight is 491 g/mol. The molecule has 0 aliphatic rings. The summed E-state index contributed by atoms with van der Waals surface area (Å²) in [7, 11) is 0. The van der Waals surface area contributed by atoms with E-state index in [4.69, 9.17) is 11.2 Å². The Labute approximate surface area is 210 Å². The first-order valence-electron chi connectivity index (χ1n) is 15.3. The molecule has 0 radical (unpaired) electrons. The fourth-order valence-corrected chi connectivity index (χ4v) is 12.3. The third kappa shape index (κ3) is 18.1. The summed E-state index contributed by atoms with van der Waals surface area (Å²) in [5, 5.41) is 0. The number of hydrogen-bond donors (Lipinski definition) is 0. The van der Waals surface area contributed by atoms with E-state index in [2.05, 4.69) is 27.7 Å². The van der Waals surface area contributed by atoms with Crippen molar-refractivity contribution >= 4 is 17.2 Å². The summed E-state index contributed by atoms with van der Waals surface area (Å²) in [6.45, 7) is 9.32. The molecule has 0 heterocycles. The minimum atomic E-state index is -2.05. The van der Waals surface area contributed by atoms with Crippen LogP contribution >= 0.6 is 17.2 Å². The molecule has 0 saturated heterocycles. The third-order valence-corrected chi connectivity index (χ3v) is 15.5. The second-order valence-corrected chi connectivity index (χ2v) is 19.4. The van der Waals surface area contributed by atoms with E-state index in [0.29, 0.717) is 0 Å². The summed E-state index contributed by atoms with van der Waals surface area (Å²) in [6.07, 6.45) is 36.5. The van der Waals surface area contributed by atoms with Crippen molar-refractivity contribution in [2.45, 2.75) is 169 Å². The third-order valence-electron chi connectivity index (χ3n) is 7.78. The molecular weight excluding hydrogens is 427 g/mol. The Bertz CT molecular complexity index is 347. The molecule has 0 amide bonds. The van der Waals surface area contributed by atoms with Crippen LogP contribution < -0.4 is 0 Å². The molecule has 0 N–H and O–H groups in total. The van der Waals surface area contributed by atoms with Gasteiger partial charge in [-0.05, 0) is 0 Å². The van der Waals surface area contributed by atoms with Crippen molar-refractivity contribution in [2.75, 3.05) is 24.6 Å². The van der Waals surface area contributed by atoms with Crippen LogP contribution in [0.4, 0.5) is 0 Å². The zero-order valence-electron chi connectivity index (χ0n) is 23.2. The van der Waals surface area contributed by atoms with Crippen molar-refractivity contribution in [3.8, 4) is 0 Å². The van der Waals surface area contributed by atoms with Gasteiger partial charge in [0.2, 0.25) is 0 Å². The van der Waals surface area contributed by atoms with Gasteiger partial charge in [0, 0.05) is 0 Å². The van der Waals surface area contributed by atoms with E-state index in [-0.39, 0.29) is 0 Å². The van der Waals surface area contributed by atoms with Crippen molar-refractivity contribution in [3.05, 3.63) is 0 Å². The Kier molecular flexibility index (Phi) is 22.7. The predicted octanol–water partition coefficient (Wildman–Crippen LogP) is 12.4. The summed E-state index contributed by atoms with van der Waals surface area (Å²) in [5.74, 6) is -2.05. The van der Waals surface area contributed by atoms with Gasteiger partial charge in [-0.25, -0.2) is 0 Å². The zero-order valence-corrected chi connectivity index (χ0v) is 24.9. The Balaban J connectivity index is 4.69. The van der Waals surface area contributed by atoms with E-state index in [9.17, 15) is 0 Å². The van der Waals surface area contributed by atoms with Crippen LogP contribution in [0, 0.1) is 0 Å². The molecular formula is C30H64ClP. The molecule has 0 fully saturated rings. The van der Waals surface area contributed by atoms with E-state index >= 15 is 0 Å². The van der Waals surface area contributed by atoms with Crippen LogP contribution in [0.1, 0.15) is 169 Å². The molecule has 2 heteroatoms. The molecule has 0 rings (SSSR count). The molecule has 0 unspecified atom stereocenters. The average Bonchev–Trinajstić information content (AvgIpc) is 2.78. The van der Waals surface area contributed by atoms with Gasteiger partial charge in [0.15, 0.2) is 0 Å². The number of hydrogen-bond acceptors (Lipinski definition) is 0. The molecule has 0 aliphatic carbocycles. The topological polar surface area (TPSA) is 0 Å². The van der Waals surface area contributed by atoms with Gasteiger partial charge in [-0.2, -0.15) is 0 Å². The van der Waals surface area contributed by atoms with Gasteiger partial charge in [-0.3, -0.25) is 0 Å². The standard InChI is InChI=1S/C30H64ClP/c1-5-9-13-15-17-19-21-25-29-32(31,27-23-11-7-3,28-24-12-8-4)30-26-22-20-18-16-14-10-6-2/h5-30H2,1-4H3. The van der Waals surface area contributed by atoms with Crippen molar-refractivity contribution in [1.29, 1.82) is 0 Å². The Morgan fingerprint density at radius 3 is 0.781 bits per heavy atom. The molecule has 0 aliphatic heterocycles. The summed E-state index contributed by atoms with van der Waals surface area (Å²) in [5.41, 5.74) is 0.